The summed E-state index contributed by atoms with van der Waals surface area (Å²) in [5.74, 6) is 0.345. The molecule has 0 aromatic carbocycles. The number of fused-ring (bicyclic) bond motifs is 5. The van der Waals surface area contributed by atoms with Crippen LogP contribution in [0.15, 0.2) is 17.2 Å². The lowest BCUT2D eigenvalue weighted by Crippen LogP contribution is -2.52. The summed E-state index contributed by atoms with van der Waals surface area (Å²) in [7, 11) is 0. The van der Waals surface area contributed by atoms with Crippen molar-refractivity contribution in [2.75, 3.05) is 5.32 Å². The van der Waals surface area contributed by atoms with Gasteiger partial charge < -0.3 is 10.6 Å². The van der Waals surface area contributed by atoms with Gasteiger partial charge in [0.15, 0.2) is 0 Å². The first-order chi connectivity index (χ1) is 14.1. The van der Waals surface area contributed by atoms with E-state index in [4.69, 9.17) is 11.6 Å². The molecule has 0 saturated heterocycles. The lowest BCUT2D eigenvalue weighted by molar-refractivity contribution is 0.0790. The van der Waals surface area contributed by atoms with E-state index in [-0.39, 0.29) is 22.2 Å². The molecule has 0 bridgehead atoms. The number of amides is 1. The van der Waals surface area contributed by atoms with Crippen molar-refractivity contribution < 1.29 is 4.79 Å². The third-order valence-electron chi connectivity index (χ3n) is 6.33. The number of aryl methyl sites for hydroxylation is 2. The summed E-state index contributed by atoms with van der Waals surface area (Å²) in [6.07, 6.45) is 8.38. The van der Waals surface area contributed by atoms with Crippen molar-refractivity contribution >= 4 is 50.6 Å². The van der Waals surface area contributed by atoms with Gasteiger partial charge in [0, 0.05) is 4.88 Å². The quantitative estimate of drug-likeness (QED) is 0.650. The molecule has 3 aromatic heterocycles. The minimum Gasteiger partial charge on any atom is -0.335 e. The Morgan fingerprint density at radius 2 is 2.00 bits per heavy atom. The van der Waals surface area contributed by atoms with Crippen molar-refractivity contribution in [3.05, 3.63) is 43.9 Å². The average Bonchev–Trinajstić information content (AvgIpc) is 3.22. The van der Waals surface area contributed by atoms with E-state index >= 15 is 0 Å². The van der Waals surface area contributed by atoms with Gasteiger partial charge in [-0.1, -0.05) is 11.6 Å². The molecule has 0 atom stereocenters. The molecule has 1 fully saturated rings. The van der Waals surface area contributed by atoms with Crippen molar-refractivity contribution in [2.45, 2.75) is 50.6 Å². The summed E-state index contributed by atoms with van der Waals surface area (Å²) in [5.41, 5.74) is 0.991. The van der Waals surface area contributed by atoms with Crippen molar-refractivity contribution in [3.8, 4) is 0 Å². The number of anilines is 2. The van der Waals surface area contributed by atoms with Gasteiger partial charge in [0.25, 0.3) is 11.5 Å². The summed E-state index contributed by atoms with van der Waals surface area (Å²) in [4.78, 5) is 37.0. The molecule has 4 heterocycles. The van der Waals surface area contributed by atoms with Gasteiger partial charge >= 0.3 is 0 Å². The number of rotatable bonds is 2. The molecule has 1 spiro atoms. The number of nitrogens with one attached hydrogen (secondary N) is 2. The van der Waals surface area contributed by atoms with Gasteiger partial charge in [-0.15, -0.1) is 11.3 Å². The Balaban J connectivity index is 1.51. The summed E-state index contributed by atoms with van der Waals surface area (Å²) < 4.78 is 1.55. The van der Waals surface area contributed by atoms with Crippen molar-refractivity contribution in [1.82, 2.24) is 19.9 Å². The zero-order valence-electron chi connectivity index (χ0n) is 15.5. The normalized spacial score (nSPS) is 19.0. The Kier molecular flexibility index (Phi) is 3.62. The molecule has 148 valence electrons. The lowest BCUT2D eigenvalue weighted by atomic mass is 9.85. The van der Waals surface area contributed by atoms with Crippen LogP contribution in [0.1, 0.15) is 53.0 Å². The molecule has 1 amide bonds. The van der Waals surface area contributed by atoms with Crippen molar-refractivity contribution in [2.24, 2.45) is 0 Å². The molecule has 1 saturated carbocycles. The molecule has 0 radical (unpaired) electrons. The van der Waals surface area contributed by atoms with E-state index in [9.17, 15) is 9.59 Å². The van der Waals surface area contributed by atoms with Crippen LogP contribution in [-0.4, -0.2) is 20.4 Å². The number of pyridine rings is 1. The van der Waals surface area contributed by atoms with E-state index < -0.39 is 5.66 Å². The van der Waals surface area contributed by atoms with Crippen LogP contribution in [0.5, 0.6) is 0 Å². The molecule has 9 heteroatoms. The third-order valence-corrected chi connectivity index (χ3v) is 7.82. The predicted octanol–water partition coefficient (Wildman–Crippen LogP) is 3.71. The maximum absolute atomic E-state index is 13.3. The Bertz CT molecular complexity index is 1260. The fourth-order valence-electron chi connectivity index (χ4n) is 4.79. The predicted molar refractivity (Wildman–Crippen MR) is 112 cm³/mol. The molecule has 2 aliphatic carbocycles. The highest BCUT2D eigenvalue weighted by atomic mass is 35.5. The van der Waals surface area contributed by atoms with Crippen LogP contribution in [0.2, 0.25) is 5.02 Å². The smallest absolute Gasteiger partial charge is 0.276 e. The first kappa shape index (κ1) is 17.4. The number of carbonyl (C=O) groups is 1. The Morgan fingerprint density at radius 1 is 1.17 bits per heavy atom. The highest BCUT2D eigenvalue weighted by Crippen LogP contribution is 2.42. The largest absolute Gasteiger partial charge is 0.335 e. The Morgan fingerprint density at radius 3 is 2.79 bits per heavy atom. The van der Waals surface area contributed by atoms with Gasteiger partial charge in [0.2, 0.25) is 0 Å². The second-order valence-corrected chi connectivity index (χ2v) is 9.46. The monoisotopic (exact) mass is 427 g/mol. The fraction of sp³-hybridized carbons (Fsp3) is 0.400. The lowest BCUT2D eigenvalue weighted by Gasteiger charge is -2.39. The van der Waals surface area contributed by atoms with Crippen LogP contribution in [0.25, 0.3) is 10.2 Å². The van der Waals surface area contributed by atoms with Gasteiger partial charge in [-0.25, -0.2) is 9.97 Å². The first-order valence-corrected chi connectivity index (χ1v) is 11.1. The minimum absolute atomic E-state index is 0.252. The van der Waals surface area contributed by atoms with Crippen LogP contribution in [0, 0.1) is 0 Å². The van der Waals surface area contributed by atoms with E-state index in [1.54, 1.807) is 22.0 Å². The molecule has 7 nitrogen and oxygen atoms in total. The molecule has 0 unspecified atom stereocenters. The summed E-state index contributed by atoms with van der Waals surface area (Å²) in [5, 5.41) is 7.45. The molecular weight excluding hydrogens is 410 g/mol. The first-order valence-electron chi connectivity index (χ1n) is 9.88. The van der Waals surface area contributed by atoms with Gasteiger partial charge in [-0.3, -0.25) is 14.2 Å². The Labute approximate surface area is 175 Å². The molecule has 2 N–H and O–H groups in total. The van der Waals surface area contributed by atoms with E-state index in [0.29, 0.717) is 11.5 Å². The molecule has 6 rings (SSSR count). The van der Waals surface area contributed by atoms with Crippen LogP contribution in [-0.2, 0) is 18.5 Å². The van der Waals surface area contributed by atoms with E-state index in [2.05, 4.69) is 20.6 Å². The summed E-state index contributed by atoms with van der Waals surface area (Å²) in [6, 6.07) is 1.54. The van der Waals surface area contributed by atoms with E-state index in [1.807, 2.05) is 0 Å². The second-order valence-electron chi connectivity index (χ2n) is 7.97. The molecule has 3 aliphatic rings. The molecule has 3 aromatic rings. The van der Waals surface area contributed by atoms with E-state index in [1.165, 1.54) is 23.2 Å². The number of aromatic nitrogens is 3. The van der Waals surface area contributed by atoms with E-state index in [0.717, 1.165) is 48.7 Å². The highest BCUT2D eigenvalue weighted by molar-refractivity contribution is 7.19. The number of carbonyl (C=O) groups excluding carboxylic acids is 1. The minimum atomic E-state index is -0.632. The standard InChI is InChI=1S/C20H18ClN5O2S/c21-11-8-12(19(28)26-15(11)17(27)25-20(26)6-3-7-20)24-16-14-10-4-1-2-5-13(10)29-18(14)23-9-22-16/h8-9H,1-7H2,(H,25,27)(H,22,23,24). The fourth-order valence-corrected chi connectivity index (χ4v) is 6.30. The molecule has 1 aliphatic heterocycles. The number of hydrogen-bond donors (Lipinski definition) is 2. The van der Waals surface area contributed by atoms with Crippen LogP contribution >= 0.6 is 22.9 Å². The summed E-state index contributed by atoms with van der Waals surface area (Å²) >= 11 is 8.15. The van der Waals surface area contributed by atoms with Crippen molar-refractivity contribution in [3.63, 3.8) is 0 Å². The van der Waals surface area contributed by atoms with Crippen LogP contribution in [0.4, 0.5) is 11.5 Å². The van der Waals surface area contributed by atoms with Gasteiger partial charge in [0.05, 0.1) is 10.4 Å². The topological polar surface area (TPSA) is 88.9 Å². The Hall–Kier alpha value is -2.45. The van der Waals surface area contributed by atoms with Crippen LogP contribution < -0.4 is 16.2 Å². The zero-order valence-corrected chi connectivity index (χ0v) is 17.1. The summed E-state index contributed by atoms with van der Waals surface area (Å²) in [6.45, 7) is 0. The number of nitrogens with zero attached hydrogens (tertiary/aromatic N) is 3. The van der Waals surface area contributed by atoms with Crippen molar-refractivity contribution in [1.29, 1.82) is 0 Å². The number of hydrogen-bond acceptors (Lipinski definition) is 6. The third kappa shape index (κ3) is 2.36. The van der Waals surface area contributed by atoms with Crippen LogP contribution in [0.3, 0.4) is 0 Å². The SMILES string of the molecule is O=C1NC2(CCC2)n2c1c(Cl)cc(Nc1ncnc3sc4c(c13)CCCC4)c2=O. The van der Waals surface area contributed by atoms with Gasteiger partial charge in [0.1, 0.15) is 34.0 Å². The number of thiophene rings is 1. The molecular formula is C20H18ClN5O2S. The molecule has 29 heavy (non-hydrogen) atoms. The number of halogens is 1. The zero-order chi connectivity index (χ0) is 19.8. The maximum Gasteiger partial charge on any atom is 0.276 e. The highest BCUT2D eigenvalue weighted by Gasteiger charge is 2.49. The maximum atomic E-state index is 13.3. The second kappa shape index (κ2) is 6.03. The van der Waals surface area contributed by atoms with Gasteiger partial charge in [-0.2, -0.15) is 0 Å². The average molecular weight is 428 g/mol. The van der Waals surface area contributed by atoms with Gasteiger partial charge in [-0.05, 0) is 56.6 Å².